The van der Waals surface area contributed by atoms with Crippen LogP contribution >= 0.6 is 0 Å². The van der Waals surface area contributed by atoms with Gasteiger partial charge in [0.2, 0.25) is 0 Å². The van der Waals surface area contributed by atoms with Gasteiger partial charge in [-0.3, -0.25) is 0 Å². The van der Waals surface area contributed by atoms with E-state index >= 15 is 0 Å². The minimum atomic E-state index is -0.641. The molecular formula is C16H22O6. The lowest BCUT2D eigenvalue weighted by atomic mass is 10.1. The molecule has 0 amide bonds. The van der Waals surface area contributed by atoms with E-state index in [1.165, 1.54) is 12.1 Å². The van der Waals surface area contributed by atoms with E-state index in [2.05, 4.69) is 0 Å². The van der Waals surface area contributed by atoms with Crippen molar-refractivity contribution in [2.24, 2.45) is 0 Å². The standard InChI is InChI=1S/C16H22O6/c1-11(2)19-9-21-15(17)13-7-5-6-8-14(13)16(18)22-10-20-12(3)4/h5-8,11-12H,9-10H2,1-4H3. The number of esters is 2. The molecule has 0 spiro atoms. The van der Waals surface area contributed by atoms with Gasteiger partial charge < -0.3 is 18.9 Å². The van der Waals surface area contributed by atoms with Crippen molar-refractivity contribution in [2.45, 2.75) is 39.9 Å². The Hall–Kier alpha value is -1.92. The van der Waals surface area contributed by atoms with Gasteiger partial charge in [0.1, 0.15) is 0 Å². The molecule has 0 N–H and O–H groups in total. The minimum absolute atomic E-state index is 0.0545. The summed E-state index contributed by atoms with van der Waals surface area (Å²) in [4.78, 5) is 24.0. The van der Waals surface area contributed by atoms with Gasteiger partial charge in [0.05, 0.1) is 23.3 Å². The summed E-state index contributed by atoms with van der Waals surface area (Å²) in [5, 5.41) is 0. The lowest BCUT2D eigenvalue weighted by Crippen LogP contribution is -2.18. The SMILES string of the molecule is CC(C)OCOC(=O)c1ccccc1C(=O)OCOC(C)C. The summed E-state index contributed by atoms with van der Waals surface area (Å²) in [6, 6.07) is 6.28. The summed E-state index contributed by atoms with van der Waals surface area (Å²) in [5.74, 6) is -1.28. The summed E-state index contributed by atoms with van der Waals surface area (Å²) in [7, 11) is 0. The largest absolute Gasteiger partial charge is 0.435 e. The molecule has 0 fully saturated rings. The van der Waals surface area contributed by atoms with E-state index in [0.29, 0.717) is 0 Å². The molecule has 6 nitrogen and oxygen atoms in total. The zero-order valence-electron chi connectivity index (χ0n) is 13.3. The Bertz CT molecular complexity index is 450. The summed E-state index contributed by atoms with van der Waals surface area (Å²) in [6.45, 7) is 6.97. The van der Waals surface area contributed by atoms with Crippen LogP contribution in [0, 0.1) is 0 Å². The smallest absolute Gasteiger partial charge is 0.341 e. The maximum Gasteiger partial charge on any atom is 0.341 e. The molecule has 1 rings (SSSR count). The predicted octanol–water partition coefficient (Wildman–Crippen LogP) is 2.77. The number of hydrogen-bond donors (Lipinski definition) is 0. The van der Waals surface area contributed by atoms with Crippen LogP contribution in [-0.4, -0.2) is 37.7 Å². The number of carbonyl (C=O) groups is 2. The van der Waals surface area contributed by atoms with Gasteiger partial charge in [0.25, 0.3) is 0 Å². The number of carbonyl (C=O) groups excluding carboxylic acids is 2. The van der Waals surface area contributed by atoms with Crippen molar-refractivity contribution < 1.29 is 28.5 Å². The van der Waals surface area contributed by atoms with Crippen molar-refractivity contribution >= 4 is 11.9 Å². The Morgan fingerprint density at radius 1 is 0.818 bits per heavy atom. The first-order valence-electron chi connectivity index (χ1n) is 7.08. The van der Waals surface area contributed by atoms with Crippen LogP contribution in [0.15, 0.2) is 24.3 Å². The summed E-state index contributed by atoms with van der Waals surface area (Å²) in [6.07, 6.45) is -0.109. The van der Waals surface area contributed by atoms with Crippen LogP contribution in [0.1, 0.15) is 48.4 Å². The monoisotopic (exact) mass is 310 g/mol. The third-order valence-electron chi connectivity index (χ3n) is 2.55. The first-order valence-corrected chi connectivity index (χ1v) is 7.08. The van der Waals surface area contributed by atoms with Gasteiger partial charge in [0.15, 0.2) is 13.6 Å². The molecule has 1 aromatic carbocycles. The van der Waals surface area contributed by atoms with Crippen LogP contribution in [0.3, 0.4) is 0 Å². The van der Waals surface area contributed by atoms with Gasteiger partial charge in [-0.05, 0) is 39.8 Å². The number of rotatable bonds is 8. The predicted molar refractivity (Wildman–Crippen MR) is 79.4 cm³/mol. The number of benzene rings is 1. The Kier molecular flexibility index (Phi) is 7.56. The van der Waals surface area contributed by atoms with E-state index in [1.54, 1.807) is 12.1 Å². The Labute approximate surface area is 130 Å². The molecule has 0 unspecified atom stereocenters. The van der Waals surface area contributed by atoms with E-state index < -0.39 is 11.9 Å². The van der Waals surface area contributed by atoms with Crippen molar-refractivity contribution in [1.82, 2.24) is 0 Å². The normalized spacial score (nSPS) is 10.8. The van der Waals surface area contributed by atoms with Crippen molar-refractivity contribution in [3.63, 3.8) is 0 Å². The van der Waals surface area contributed by atoms with E-state index in [9.17, 15) is 9.59 Å². The maximum atomic E-state index is 12.0. The van der Waals surface area contributed by atoms with E-state index in [1.807, 2.05) is 27.7 Å². The second-order valence-electron chi connectivity index (χ2n) is 5.08. The molecule has 0 aliphatic carbocycles. The summed E-state index contributed by atoms with van der Waals surface area (Å²) >= 11 is 0. The van der Waals surface area contributed by atoms with Crippen LogP contribution in [0.4, 0.5) is 0 Å². The fraction of sp³-hybridized carbons (Fsp3) is 0.500. The van der Waals surface area contributed by atoms with Crippen molar-refractivity contribution in [1.29, 1.82) is 0 Å². The number of ether oxygens (including phenoxy) is 4. The van der Waals surface area contributed by atoms with Gasteiger partial charge >= 0.3 is 11.9 Å². The Morgan fingerprint density at radius 3 is 1.50 bits per heavy atom. The molecule has 1 aromatic rings. The maximum absolute atomic E-state index is 12.0. The zero-order valence-corrected chi connectivity index (χ0v) is 13.3. The highest BCUT2D eigenvalue weighted by Gasteiger charge is 2.19. The van der Waals surface area contributed by atoms with Gasteiger partial charge in [-0.15, -0.1) is 0 Å². The minimum Gasteiger partial charge on any atom is -0.435 e. The second kappa shape index (κ2) is 9.17. The highest BCUT2D eigenvalue weighted by molar-refractivity contribution is 6.03. The lowest BCUT2D eigenvalue weighted by molar-refractivity contribution is -0.0568. The van der Waals surface area contributed by atoms with Gasteiger partial charge in [-0.2, -0.15) is 0 Å². The molecule has 0 aliphatic heterocycles. The first-order chi connectivity index (χ1) is 10.4. The van der Waals surface area contributed by atoms with E-state index in [-0.39, 0.29) is 36.9 Å². The third-order valence-corrected chi connectivity index (χ3v) is 2.55. The molecule has 0 saturated carbocycles. The topological polar surface area (TPSA) is 71.1 Å². The second-order valence-corrected chi connectivity index (χ2v) is 5.08. The van der Waals surface area contributed by atoms with Crippen LogP contribution in [-0.2, 0) is 18.9 Å². The van der Waals surface area contributed by atoms with Crippen LogP contribution < -0.4 is 0 Å². The first kappa shape index (κ1) is 18.1. The lowest BCUT2D eigenvalue weighted by Gasteiger charge is -2.12. The number of hydrogen-bond acceptors (Lipinski definition) is 6. The van der Waals surface area contributed by atoms with Crippen LogP contribution in [0.5, 0.6) is 0 Å². The van der Waals surface area contributed by atoms with Crippen LogP contribution in [0.2, 0.25) is 0 Å². The molecule has 0 aromatic heterocycles. The molecule has 0 bridgehead atoms. The Morgan fingerprint density at radius 2 is 1.18 bits per heavy atom. The fourth-order valence-electron chi connectivity index (χ4n) is 1.44. The Balaban J connectivity index is 2.68. The molecule has 122 valence electrons. The van der Waals surface area contributed by atoms with Crippen LogP contribution in [0.25, 0.3) is 0 Å². The highest BCUT2D eigenvalue weighted by Crippen LogP contribution is 2.12. The third kappa shape index (κ3) is 6.24. The molecule has 0 radical (unpaired) electrons. The van der Waals surface area contributed by atoms with Crippen molar-refractivity contribution in [2.75, 3.05) is 13.6 Å². The summed E-state index contributed by atoms with van der Waals surface area (Å²) in [5.41, 5.74) is 0.258. The zero-order chi connectivity index (χ0) is 16.5. The van der Waals surface area contributed by atoms with Gasteiger partial charge in [0, 0.05) is 0 Å². The quantitative estimate of drug-likeness (QED) is 0.543. The van der Waals surface area contributed by atoms with Gasteiger partial charge in [-0.25, -0.2) is 9.59 Å². The average molecular weight is 310 g/mol. The van der Waals surface area contributed by atoms with Gasteiger partial charge in [-0.1, -0.05) is 12.1 Å². The van der Waals surface area contributed by atoms with E-state index in [0.717, 1.165) is 0 Å². The van der Waals surface area contributed by atoms with E-state index in [4.69, 9.17) is 18.9 Å². The molecule has 0 atom stereocenters. The average Bonchev–Trinajstić information content (AvgIpc) is 2.46. The fourth-order valence-corrected chi connectivity index (χ4v) is 1.44. The molecular weight excluding hydrogens is 288 g/mol. The summed E-state index contributed by atoms with van der Waals surface area (Å²) < 4.78 is 20.2. The molecule has 0 aliphatic rings. The molecule has 22 heavy (non-hydrogen) atoms. The van der Waals surface area contributed by atoms with Crippen molar-refractivity contribution in [3.05, 3.63) is 35.4 Å². The molecule has 0 saturated heterocycles. The molecule has 0 heterocycles. The highest BCUT2D eigenvalue weighted by atomic mass is 16.7. The molecule has 6 heteroatoms. The van der Waals surface area contributed by atoms with Crippen molar-refractivity contribution in [3.8, 4) is 0 Å².